The average molecular weight is 384 g/mol. The molecule has 28 heavy (non-hydrogen) atoms. The topological polar surface area (TPSA) is 47.6 Å². The summed E-state index contributed by atoms with van der Waals surface area (Å²) >= 11 is 0. The maximum absolute atomic E-state index is 13.3. The molecule has 1 fully saturated rings. The van der Waals surface area contributed by atoms with Gasteiger partial charge in [-0.3, -0.25) is 4.79 Å². The lowest BCUT2D eigenvalue weighted by atomic mass is 10.1. The van der Waals surface area contributed by atoms with Gasteiger partial charge in [-0.25, -0.2) is 4.39 Å². The van der Waals surface area contributed by atoms with Crippen LogP contribution in [0, 0.1) is 12.7 Å². The van der Waals surface area contributed by atoms with Gasteiger partial charge in [-0.2, -0.15) is 0 Å². The summed E-state index contributed by atoms with van der Waals surface area (Å²) in [6, 6.07) is 11.8. The van der Waals surface area contributed by atoms with Crippen molar-refractivity contribution >= 4 is 23.0 Å². The molecule has 2 N–H and O–H groups in total. The van der Waals surface area contributed by atoms with Crippen molar-refractivity contribution in [2.75, 3.05) is 48.3 Å². The largest absolute Gasteiger partial charge is 0.374 e. The number of amides is 1. The lowest BCUT2D eigenvalue weighted by molar-refractivity contribution is -0.116. The monoisotopic (exact) mass is 384 g/mol. The molecule has 0 radical (unpaired) electrons. The van der Waals surface area contributed by atoms with Gasteiger partial charge in [-0.1, -0.05) is 13.0 Å². The first-order valence-corrected chi connectivity index (χ1v) is 9.87. The van der Waals surface area contributed by atoms with Gasteiger partial charge >= 0.3 is 0 Å². The van der Waals surface area contributed by atoms with E-state index in [4.69, 9.17) is 0 Å². The number of carbonyl (C=O) groups excluding carboxylic acids is 1. The highest BCUT2D eigenvalue weighted by Crippen LogP contribution is 2.24. The predicted octanol–water partition coefficient (Wildman–Crippen LogP) is 3.72. The minimum atomic E-state index is -0.444. The van der Waals surface area contributed by atoms with E-state index in [9.17, 15) is 9.18 Å². The van der Waals surface area contributed by atoms with Crippen LogP contribution in [0.5, 0.6) is 0 Å². The predicted molar refractivity (Wildman–Crippen MR) is 114 cm³/mol. The second-order valence-electron chi connectivity index (χ2n) is 7.29. The van der Waals surface area contributed by atoms with Crippen LogP contribution < -0.4 is 15.5 Å². The highest BCUT2D eigenvalue weighted by Gasteiger charge is 2.18. The van der Waals surface area contributed by atoms with Crippen LogP contribution in [0.2, 0.25) is 0 Å². The van der Waals surface area contributed by atoms with Crippen molar-refractivity contribution in [2.24, 2.45) is 0 Å². The van der Waals surface area contributed by atoms with Gasteiger partial charge in [0.1, 0.15) is 11.9 Å². The molecule has 6 heteroatoms. The van der Waals surface area contributed by atoms with Crippen LogP contribution in [0.25, 0.3) is 0 Å². The summed E-state index contributed by atoms with van der Waals surface area (Å²) in [6.07, 6.45) is 0. The number of anilines is 3. The standard InChI is InChI=1S/C22H29FN4O/c1-4-26-10-12-27(13-11-26)20-8-9-21(16(2)14-20)24-17(3)22(28)25-19-7-5-6-18(23)15-19/h5-9,14-15,17,24H,4,10-13H2,1-3H3,(H,25,28)/t17-/m1/s1. The van der Waals surface area contributed by atoms with E-state index in [0.29, 0.717) is 5.69 Å². The first-order chi connectivity index (χ1) is 13.5. The van der Waals surface area contributed by atoms with Crippen molar-refractivity contribution in [3.63, 3.8) is 0 Å². The summed E-state index contributed by atoms with van der Waals surface area (Å²) in [6.45, 7) is 11.4. The van der Waals surface area contributed by atoms with Gasteiger partial charge < -0.3 is 20.4 Å². The van der Waals surface area contributed by atoms with Crippen molar-refractivity contribution < 1.29 is 9.18 Å². The molecule has 2 aromatic rings. The first kappa shape index (κ1) is 20.1. The van der Waals surface area contributed by atoms with Gasteiger partial charge in [0, 0.05) is 43.2 Å². The van der Waals surface area contributed by atoms with Crippen LogP contribution >= 0.6 is 0 Å². The molecule has 3 rings (SSSR count). The highest BCUT2D eigenvalue weighted by atomic mass is 19.1. The van der Waals surface area contributed by atoms with Crippen LogP contribution in [0.15, 0.2) is 42.5 Å². The van der Waals surface area contributed by atoms with E-state index < -0.39 is 6.04 Å². The second-order valence-corrected chi connectivity index (χ2v) is 7.29. The van der Waals surface area contributed by atoms with Crippen molar-refractivity contribution in [1.82, 2.24) is 4.90 Å². The molecular weight excluding hydrogens is 355 g/mol. The molecule has 0 unspecified atom stereocenters. The highest BCUT2D eigenvalue weighted by molar-refractivity contribution is 5.96. The number of rotatable bonds is 6. The van der Waals surface area contributed by atoms with Crippen molar-refractivity contribution in [3.8, 4) is 0 Å². The smallest absolute Gasteiger partial charge is 0.246 e. The van der Waals surface area contributed by atoms with Crippen molar-refractivity contribution in [2.45, 2.75) is 26.8 Å². The average Bonchev–Trinajstić information content (AvgIpc) is 2.69. The molecule has 1 aliphatic rings. The number of hydrogen-bond donors (Lipinski definition) is 2. The SMILES string of the molecule is CCN1CCN(c2ccc(N[C@H](C)C(=O)Nc3cccc(F)c3)c(C)c2)CC1. The maximum atomic E-state index is 13.3. The van der Waals surface area contributed by atoms with Gasteiger partial charge in [-0.15, -0.1) is 0 Å². The fourth-order valence-corrected chi connectivity index (χ4v) is 3.44. The van der Waals surface area contributed by atoms with E-state index >= 15 is 0 Å². The Kier molecular flexibility index (Phi) is 6.52. The fourth-order valence-electron chi connectivity index (χ4n) is 3.44. The lowest BCUT2D eigenvalue weighted by Gasteiger charge is -2.35. The summed E-state index contributed by atoms with van der Waals surface area (Å²) in [5, 5.41) is 6.00. The Morgan fingerprint density at radius 1 is 1.14 bits per heavy atom. The third-order valence-corrected chi connectivity index (χ3v) is 5.25. The molecule has 1 heterocycles. The minimum absolute atomic E-state index is 0.204. The van der Waals surface area contributed by atoms with E-state index in [0.717, 1.165) is 44.0 Å². The summed E-state index contributed by atoms with van der Waals surface area (Å²) < 4.78 is 13.3. The normalized spacial score (nSPS) is 15.9. The Labute approximate surface area is 166 Å². The molecule has 0 aromatic heterocycles. The Balaban J connectivity index is 1.60. The van der Waals surface area contributed by atoms with E-state index in [1.807, 2.05) is 13.0 Å². The van der Waals surface area contributed by atoms with Gasteiger partial charge in [0.15, 0.2) is 0 Å². The van der Waals surface area contributed by atoms with Crippen LogP contribution in [0.4, 0.5) is 21.5 Å². The molecule has 0 aliphatic carbocycles. The number of nitrogens with zero attached hydrogens (tertiary/aromatic N) is 2. The molecule has 0 spiro atoms. The van der Waals surface area contributed by atoms with Gasteiger partial charge in [-0.05, 0) is 62.4 Å². The van der Waals surface area contributed by atoms with Crippen LogP contribution in [-0.4, -0.2) is 49.6 Å². The number of carbonyl (C=O) groups is 1. The van der Waals surface area contributed by atoms with Gasteiger partial charge in [0.25, 0.3) is 0 Å². The van der Waals surface area contributed by atoms with E-state index in [2.05, 4.69) is 39.5 Å². The Morgan fingerprint density at radius 2 is 1.89 bits per heavy atom. The Morgan fingerprint density at radius 3 is 2.54 bits per heavy atom. The number of hydrogen-bond acceptors (Lipinski definition) is 4. The van der Waals surface area contributed by atoms with E-state index in [-0.39, 0.29) is 11.7 Å². The third-order valence-electron chi connectivity index (χ3n) is 5.25. The number of piperazine rings is 1. The van der Waals surface area contributed by atoms with Gasteiger partial charge in [0.05, 0.1) is 0 Å². The molecule has 2 aromatic carbocycles. The number of halogens is 1. The lowest BCUT2D eigenvalue weighted by Crippen LogP contribution is -2.46. The molecule has 5 nitrogen and oxygen atoms in total. The zero-order valence-corrected chi connectivity index (χ0v) is 16.8. The fraction of sp³-hybridized carbons (Fsp3) is 0.409. The number of likely N-dealkylation sites (N-methyl/N-ethyl adjacent to an activating group) is 1. The quantitative estimate of drug-likeness (QED) is 0.797. The number of nitrogens with one attached hydrogen (secondary N) is 2. The number of aryl methyl sites for hydroxylation is 1. The molecule has 1 saturated heterocycles. The molecule has 1 atom stereocenters. The van der Waals surface area contributed by atoms with Crippen molar-refractivity contribution in [3.05, 3.63) is 53.8 Å². The first-order valence-electron chi connectivity index (χ1n) is 9.87. The molecule has 0 saturated carbocycles. The molecule has 0 bridgehead atoms. The van der Waals surface area contributed by atoms with E-state index in [1.165, 1.54) is 17.8 Å². The van der Waals surface area contributed by atoms with Gasteiger partial charge in [0.2, 0.25) is 5.91 Å². The van der Waals surface area contributed by atoms with Crippen LogP contribution in [0.1, 0.15) is 19.4 Å². The van der Waals surface area contributed by atoms with Crippen molar-refractivity contribution in [1.29, 1.82) is 0 Å². The van der Waals surface area contributed by atoms with E-state index in [1.54, 1.807) is 19.1 Å². The Bertz CT molecular complexity index is 818. The van der Waals surface area contributed by atoms with Crippen LogP contribution in [-0.2, 0) is 4.79 Å². The third kappa shape index (κ3) is 5.01. The molecule has 1 aliphatic heterocycles. The zero-order chi connectivity index (χ0) is 20.1. The number of benzene rings is 2. The Hall–Kier alpha value is -2.60. The second kappa shape index (κ2) is 9.06. The maximum Gasteiger partial charge on any atom is 0.246 e. The van der Waals surface area contributed by atoms with Crippen LogP contribution in [0.3, 0.4) is 0 Å². The molecular formula is C22H29FN4O. The minimum Gasteiger partial charge on any atom is -0.374 e. The molecule has 150 valence electrons. The summed E-state index contributed by atoms with van der Waals surface area (Å²) in [5.41, 5.74) is 3.70. The summed E-state index contributed by atoms with van der Waals surface area (Å²) in [5.74, 6) is -0.575. The zero-order valence-electron chi connectivity index (χ0n) is 16.8. The summed E-state index contributed by atoms with van der Waals surface area (Å²) in [7, 11) is 0. The molecule has 1 amide bonds. The summed E-state index contributed by atoms with van der Waals surface area (Å²) in [4.78, 5) is 17.3.